The summed E-state index contributed by atoms with van der Waals surface area (Å²) in [6.07, 6.45) is 2.19. The fourth-order valence-corrected chi connectivity index (χ4v) is 1.91. The molecule has 1 saturated carbocycles. The average Bonchev–Trinajstić information content (AvgIpc) is 3.07. The van der Waals surface area contributed by atoms with Crippen LogP contribution >= 0.6 is 0 Å². The molecule has 0 aliphatic heterocycles. The molecule has 1 fully saturated rings. The van der Waals surface area contributed by atoms with Gasteiger partial charge in [-0.05, 0) is 33.6 Å². The van der Waals surface area contributed by atoms with Crippen LogP contribution in [0.2, 0.25) is 0 Å². The normalized spacial score (nSPS) is 14.8. The average molecular weight is 237 g/mol. The summed E-state index contributed by atoms with van der Waals surface area (Å²) < 4.78 is 6.93. The molecule has 0 radical (unpaired) electrons. The van der Waals surface area contributed by atoms with Gasteiger partial charge in [0.05, 0.1) is 24.0 Å². The Hall–Kier alpha value is -1.52. The first-order valence-electron chi connectivity index (χ1n) is 6.19. The Morgan fingerprint density at radius 2 is 2.24 bits per heavy atom. The second-order valence-corrected chi connectivity index (χ2v) is 4.24. The summed E-state index contributed by atoms with van der Waals surface area (Å²) in [6, 6.07) is 0.375. The minimum absolute atomic E-state index is 0.282. The smallest absolute Gasteiger partial charge is 0.358 e. The van der Waals surface area contributed by atoms with Crippen LogP contribution in [0.25, 0.3) is 0 Å². The highest BCUT2D eigenvalue weighted by Crippen LogP contribution is 2.38. The number of carbonyl (C=O) groups is 1. The zero-order valence-electron chi connectivity index (χ0n) is 10.6. The summed E-state index contributed by atoms with van der Waals surface area (Å²) in [6.45, 7) is 6.89. The predicted molar refractivity (Wildman–Crippen MR) is 65.4 cm³/mol. The van der Waals surface area contributed by atoms with Crippen LogP contribution in [0.5, 0.6) is 0 Å². The van der Waals surface area contributed by atoms with Crippen molar-refractivity contribution in [2.75, 3.05) is 18.5 Å². The topological polar surface area (TPSA) is 56.2 Å². The predicted octanol–water partition coefficient (Wildman–Crippen LogP) is 2.13. The van der Waals surface area contributed by atoms with Gasteiger partial charge in [-0.15, -0.1) is 0 Å². The van der Waals surface area contributed by atoms with Gasteiger partial charge in [0.25, 0.3) is 0 Å². The van der Waals surface area contributed by atoms with Gasteiger partial charge in [-0.2, -0.15) is 5.10 Å². The highest BCUT2D eigenvalue weighted by atomic mass is 16.5. The quantitative estimate of drug-likeness (QED) is 0.797. The van der Waals surface area contributed by atoms with Gasteiger partial charge in [0.2, 0.25) is 0 Å². The van der Waals surface area contributed by atoms with E-state index in [2.05, 4.69) is 10.4 Å². The Labute approximate surface area is 101 Å². The van der Waals surface area contributed by atoms with E-state index >= 15 is 0 Å². The molecule has 2 rings (SSSR count). The second-order valence-electron chi connectivity index (χ2n) is 4.24. The van der Waals surface area contributed by atoms with Gasteiger partial charge in [0.1, 0.15) is 0 Å². The van der Waals surface area contributed by atoms with Crippen LogP contribution in [0.4, 0.5) is 5.69 Å². The minimum Gasteiger partial charge on any atom is -0.461 e. The molecule has 5 nitrogen and oxygen atoms in total. The summed E-state index contributed by atoms with van der Waals surface area (Å²) in [5, 5.41) is 7.65. The molecule has 0 atom stereocenters. The second kappa shape index (κ2) is 4.77. The van der Waals surface area contributed by atoms with Crippen molar-refractivity contribution in [3.8, 4) is 0 Å². The van der Waals surface area contributed by atoms with E-state index in [4.69, 9.17) is 4.74 Å². The van der Waals surface area contributed by atoms with Crippen LogP contribution in [0.3, 0.4) is 0 Å². The largest absolute Gasteiger partial charge is 0.461 e. The zero-order valence-corrected chi connectivity index (χ0v) is 10.6. The van der Waals surface area contributed by atoms with E-state index < -0.39 is 0 Å². The van der Waals surface area contributed by atoms with Crippen molar-refractivity contribution in [1.29, 1.82) is 0 Å². The van der Waals surface area contributed by atoms with Crippen LogP contribution in [-0.4, -0.2) is 28.9 Å². The van der Waals surface area contributed by atoms with Gasteiger partial charge < -0.3 is 10.1 Å². The minimum atomic E-state index is -0.282. The standard InChI is InChI=1S/C12H19N3O2/c1-4-13-10-8(3)14-15(9-6-7-9)11(10)12(16)17-5-2/h9,13H,4-7H2,1-3H3. The monoisotopic (exact) mass is 237 g/mol. The molecule has 0 amide bonds. The Morgan fingerprint density at radius 3 is 2.76 bits per heavy atom. The number of nitrogens with one attached hydrogen (secondary N) is 1. The number of hydrogen-bond acceptors (Lipinski definition) is 4. The number of ether oxygens (including phenoxy) is 1. The van der Waals surface area contributed by atoms with Crippen LogP contribution in [0.15, 0.2) is 0 Å². The van der Waals surface area contributed by atoms with E-state index in [-0.39, 0.29) is 5.97 Å². The number of rotatable bonds is 5. The molecule has 1 N–H and O–H groups in total. The molecule has 94 valence electrons. The Morgan fingerprint density at radius 1 is 1.53 bits per heavy atom. The number of aromatic nitrogens is 2. The molecular weight excluding hydrogens is 218 g/mol. The highest BCUT2D eigenvalue weighted by Gasteiger charge is 2.32. The van der Waals surface area contributed by atoms with E-state index in [1.165, 1.54) is 0 Å². The molecule has 5 heteroatoms. The van der Waals surface area contributed by atoms with Gasteiger partial charge in [0, 0.05) is 6.54 Å². The number of esters is 1. The van der Waals surface area contributed by atoms with Crippen molar-refractivity contribution in [3.63, 3.8) is 0 Å². The lowest BCUT2D eigenvalue weighted by molar-refractivity contribution is 0.0513. The van der Waals surface area contributed by atoms with E-state index in [0.29, 0.717) is 18.3 Å². The summed E-state index contributed by atoms with van der Waals surface area (Å²) in [5.74, 6) is -0.282. The van der Waals surface area contributed by atoms with Gasteiger partial charge in [-0.1, -0.05) is 0 Å². The lowest BCUT2D eigenvalue weighted by Crippen LogP contribution is -2.14. The van der Waals surface area contributed by atoms with E-state index in [9.17, 15) is 4.79 Å². The van der Waals surface area contributed by atoms with Gasteiger partial charge in [-0.25, -0.2) is 4.79 Å². The Balaban J connectivity index is 2.39. The molecule has 17 heavy (non-hydrogen) atoms. The third-order valence-electron chi connectivity index (χ3n) is 2.80. The van der Waals surface area contributed by atoms with Crippen molar-refractivity contribution in [2.45, 2.75) is 39.7 Å². The van der Waals surface area contributed by atoms with Crippen LogP contribution in [0.1, 0.15) is 48.9 Å². The van der Waals surface area contributed by atoms with Gasteiger partial charge in [-0.3, -0.25) is 4.68 Å². The molecule has 1 aliphatic carbocycles. The fourth-order valence-electron chi connectivity index (χ4n) is 1.91. The summed E-state index contributed by atoms with van der Waals surface area (Å²) in [5.41, 5.74) is 2.26. The Bertz CT molecular complexity index is 422. The third-order valence-corrected chi connectivity index (χ3v) is 2.80. The zero-order chi connectivity index (χ0) is 12.4. The number of carbonyl (C=O) groups excluding carboxylic acids is 1. The van der Waals surface area contributed by atoms with Crippen molar-refractivity contribution in [2.24, 2.45) is 0 Å². The molecular formula is C12H19N3O2. The first-order chi connectivity index (χ1) is 8.19. The molecule has 1 aliphatic rings. The van der Waals surface area contributed by atoms with Gasteiger partial charge in [0.15, 0.2) is 5.69 Å². The fraction of sp³-hybridized carbons (Fsp3) is 0.667. The SMILES string of the molecule is CCNc1c(C)nn(C2CC2)c1C(=O)OCC. The van der Waals surface area contributed by atoms with Crippen molar-refractivity contribution >= 4 is 11.7 Å². The molecule has 1 aromatic rings. The highest BCUT2D eigenvalue weighted by molar-refractivity contribution is 5.94. The number of hydrogen-bond donors (Lipinski definition) is 1. The lowest BCUT2D eigenvalue weighted by Gasteiger charge is -2.08. The first kappa shape index (κ1) is 12.0. The van der Waals surface area contributed by atoms with Gasteiger partial charge >= 0.3 is 5.97 Å². The van der Waals surface area contributed by atoms with Crippen molar-refractivity contribution in [3.05, 3.63) is 11.4 Å². The molecule has 1 heterocycles. The van der Waals surface area contributed by atoms with E-state index in [0.717, 1.165) is 30.8 Å². The first-order valence-corrected chi connectivity index (χ1v) is 6.19. The van der Waals surface area contributed by atoms with Crippen LogP contribution in [0, 0.1) is 6.92 Å². The Kier molecular flexibility index (Phi) is 3.36. The number of aryl methyl sites for hydroxylation is 1. The lowest BCUT2D eigenvalue weighted by atomic mass is 10.3. The molecule has 1 aromatic heterocycles. The number of nitrogens with zero attached hydrogens (tertiary/aromatic N) is 2. The molecule has 0 spiro atoms. The van der Waals surface area contributed by atoms with E-state index in [1.807, 2.05) is 25.5 Å². The van der Waals surface area contributed by atoms with Crippen molar-refractivity contribution in [1.82, 2.24) is 9.78 Å². The molecule has 0 bridgehead atoms. The van der Waals surface area contributed by atoms with Crippen LogP contribution < -0.4 is 5.32 Å². The molecule has 0 saturated heterocycles. The summed E-state index contributed by atoms with van der Waals surface area (Å²) in [4.78, 5) is 12.0. The number of anilines is 1. The maximum Gasteiger partial charge on any atom is 0.358 e. The molecule has 0 aromatic carbocycles. The maximum atomic E-state index is 12.0. The summed E-state index contributed by atoms with van der Waals surface area (Å²) >= 11 is 0. The molecule has 0 unspecified atom stereocenters. The van der Waals surface area contributed by atoms with Crippen LogP contribution in [-0.2, 0) is 4.74 Å². The maximum absolute atomic E-state index is 12.0. The summed E-state index contributed by atoms with van der Waals surface area (Å²) in [7, 11) is 0. The van der Waals surface area contributed by atoms with Crippen molar-refractivity contribution < 1.29 is 9.53 Å². The van der Waals surface area contributed by atoms with E-state index in [1.54, 1.807) is 0 Å². The third kappa shape index (κ3) is 2.28.